The van der Waals surface area contributed by atoms with Crippen LogP contribution < -0.4 is 0 Å². The Morgan fingerprint density at radius 2 is 2.26 bits per heavy atom. The van der Waals surface area contributed by atoms with Gasteiger partial charge in [-0.25, -0.2) is 9.97 Å². The zero-order valence-corrected chi connectivity index (χ0v) is 12.9. The van der Waals surface area contributed by atoms with Crippen LogP contribution >= 0.6 is 23.4 Å². The van der Waals surface area contributed by atoms with Gasteiger partial charge in [-0.15, -0.1) is 11.6 Å². The minimum atomic E-state index is 0.404. The van der Waals surface area contributed by atoms with Crippen LogP contribution in [0.1, 0.15) is 24.2 Å². The third kappa shape index (κ3) is 2.48. The predicted molar refractivity (Wildman–Crippen MR) is 82.2 cm³/mol. The number of nitrogens with zero attached hydrogens (tertiary/aromatic N) is 3. The minimum absolute atomic E-state index is 0.404. The predicted octanol–water partition coefficient (Wildman–Crippen LogP) is 3.42. The molecule has 1 fully saturated rings. The molecule has 1 aliphatic rings. The van der Waals surface area contributed by atoms with E-state index < -0.39 is 0 Å². The van der Waals surface area contributed by atoms with Crippen molar-refractivity contribution in [1.29, 1.82) is 0 Å². The topological polar surface area (TPSA) is 30.7 Å². The molecule has 3 rings (SSSR count). The summed E-state index contributed by atoms with van der Waals surface area (Å²) < 4.78 is 2.68. The molecule has 0 radical (unpaired) electrons. The molecule has 2 heterocycles. The van der Waals surface area contributed by atoms with Crippen LogP contribution in [0.5, 0.6) is 0 Å². The molecule has 0 atom stereocenters. The number of pyridine rings is 1. The molecule has 102 valence electrons. The van der Waals surface area contributed by atoms with Crippen molar-refractivity contribution in [2.75, 3.05) is 12.1 Å². The van der Waals surface area contributed by atoms with Crippen LogP contribution in [-0.4, -0.2) is 31.4 Å². The van der Waals surface area contributed by atoms with Gasteiger partial charge >= 0.3 is 0 Å². The fraction of sp³-hybridized carbons (Fsp3) is 0.571. The van der Waals surface area contributed by atoms with Crippen molar-refractivity contribution < 1.29 is 0 Å². The summed E-state index contributed by atoms with van der Waals surface area (Å²) in [5, 5.41) is 0. The van der Waals surface area contributed by atoms with Gasteiger partial charge in [0.25, 0.3) is 0 Å². The number of alkyl halides is 1. The average molecular weight is 296 g/mol. The Morgan fingerprint density at radius 3 is 2.89 bits per heavy atom. The monoisotopic (exact) mass is 295 g/mol. The number of thioether (sulfide) groups is 1. The SMILES string of the molecule is CSC1(Cn2c(CCCl)nc3cc(C)cnc32)CC1. The Hall–Kier alpha value is -0.740. The van der Waals surface area contributed by atoms with Crippen molar-refractivity contribution in [2.45, 2.75) is 37.5 Å². The Balaban J connectivity index is 2.06. The first kappa shape index (κ1) is 13.3. The molecular formula is C14H18ClN3S. The standard InChI is InChI=1S/C14H18ClN3S/c1-10-7-11-13(16-8-10)18(12(17-11)3-6-15)9-14(19-2)4-5-14/h7-8H,3-6,9H2,1-2H3. The number of imidazole rings is 1. The quantitative estimate of drug-likeness (QED) is 0.792. The van der Waals surface area contributed by atoms with E-state index in [2.05, 4.69) is 28.8 Å². The first-order valence-electron chi connectivity index (χ1n) is 6.60. The number of rotatable bonds is 5. The van der Waals surface area contributed by atoms with E-state index in [1.54, 1.807) is 0 Å². The molecule has 1 aliphatic carbocycles. The lowest BCUT2D eigenvalue weighted by atomic mass is 10.3. The summed E-state index contributed by atoms with van der Waals surface area (Å²) in [5.74, 6) is 1.68. The second kappa shape index (κ2) is 4.98. The number of aromatic nitrogens is 3. The second-order valence-corrected chi connectivity index (χ2v) is 6.95. The Labute approximate surface area is 122 Å². The average Bonchev–Trinajstić information content (AvgIpc) is 3.10. The van der Waals surface area contributed by atoms with Crippen molar-refractivity contribution in [3.05, 3.63) is 23.7 Å². The van der Waals surface area contributed by atoms with E-state index in [-0.39, 0.29) is 0 Å². The van der Waals surface area contributed by atoms with Crippen LogP contribution in [0.2, 0.25) is 0 Å². The fourth-order valence-corrected chi connectivity index (χ4v) is 3.39. The molecule has 1 saturated carbocycles. The Morgan fingerprint density at radius 1 is 1.47 bits per heavy atom. The highest BCUT2D eigenvalue weighted by atomic mass is 35.5. The molecule has 2 aromatic heterocycles. The summed E-state index contributed by atoms with van der Waals surface area (Å²) in [6.07, 6.45) is 7.51. The normalized spacial score (nSPS) is 17.0. The van der Waals surface area contributed by atoms with Crippen molar-refractivity contribution >= 4 is 34.5 Å². The summed E-state index contributed by atoms with van der Waals surface area (Å²) in [6, 6.07) is 2.11. The first-order valence-corrected chi connectivity index (χ1v) is 8.36. The highest BCUT2D eigenvalue weighted by Crippen LogP contribution is 2.48. The molecule has 0 unspecified atom stereocenters. The van der Waals surface area contributed by atoms with Crippen LogP contribution in [0, 0.1) is 6.92 Å². The van der Waals surface area contributed by atoms with Crippen LogP contribution in [0.3, 0.4) is 0 Å². The van der Waals surface area contributed by atoms with Crippen LogP contribution in [0.25, 0.3) is 11.2 Å². The fourth-order valence-electron chi connectivity index (χ4n) is 2.45. The van der Waals surface area contributed by atoms with Crippen molar-refractivity contribution in [3.63, 3.8) is 0 Å². The third-order valence-corrected chi connectivity index (χ3v) is 5.40. The van der Waals surface area contributed by atoms with Crippen LogP contribution in [0.15, 0.2) is 12.3 Å². The zero-order chi connectivity index (χ0) is 13.5. The summed E-state index contributed by atoms with van der Waals surface area (Å²) in [5.41, 5.74) is 3.16. The van der Waals surface area contributed by atoms with Gasteiger partial charge in [-0.3, -0.25) is 0 Å². The molecular weight excluding hydrogens is 278 g/mol. The molecule has 0 N–H and O–H groups in total. The number of hydrogen-bond donors (Lipinski definition) is 0. The molecule has 0 amide bonds. The number of halogens is 1. The molecule has 0 aliphatic heterocycles. The maximum Gasteiger partial charge on any atom is 0.160 e. The lowest BCUT2D eigenvalue weighted by Gasteiger charge is -2.15. The van der Waals surface area contributed by atoms with Crippen molar-refractivity contribution in [1.82, 2.24) is 14.5 Å². The van der Waals surface area contributed by atoms with E-state index >= 15 is 0 Å². The smallest absolute Gasteiger partial charge is 0.160 e. The van der Waals surface area contributed by atoms with E-state index in [9.17, 15) is 0 Å². The molecule has 19 heavy (non-hydrogen) atoms. The lowest BCUT2D eigenvalue weighted by molar-refractivity contribution is 0.640. The molecule has 0 spiro atoms. The van der Waals surface area contributed by atoms with Gasteiger partial charge in [-0.1, -0.05) is 0 Å². The zero-order valence-electron chi connectivity index (χ0n) is 11.3. The van der Waals surface area contributed by atoms with Gasteiger partial charge in [0.05, 0.1) is 0 Å². The molecule has 5 heteroatoms. The molecule has 0 bridgehead atoms. The Bertz CT molecular complexity index is 604. The van der Waals surface area contributed by atoms with E-state index in [1.807, 2.05) is 18.0 Å². The summed E-state index contributed by atoms with van der Waals surface area (Å²) in [7, 11) is 0. The van der Waals surface area contributed by atoms with E-state index in [4.69, 9.17) is 16.6 Å². The maximum atomic E-state index is 5.91. The summed E-state index contributed by atoms with van der Waals surface area (Å²) >= 11 is 7.87. The van der Waals surface area contributed by atoms with E-state index in [0.717, 1.165) is 35.5 Å². The van der Waals surface area contributed by atoms with Gasteiger partial charge in [0, 0.05) is 29.8 Å². The molecule has 0 aromatic carbocycles. The summed E-state index contributed by atoms with van der Waals surface area (Å²) in [4.78, 5) is 9.29. The van der Waals surface area contributed by atoms with Gasteiger partial charge in [0.1, 0.15) is 11.3 Å². The van der Waals surface area contributed by atoms with E-state index in [1.165, 1.54) is 12.8 Å². The van der Waals surface area contributed by atoms with E-state index in [0.29, 0.717) is 10.6 Å². The highest BCUT2D eigenvalue weighted by molar-refractivity contribution is 8.00. The largest absolute Gasteiger partial charge is 0.311 e. The number of fused-ring (bicyclic) bond motifs is 1. The van der Waals surface area contributed by atoms with Gasteiger partial charge in [0.15, 0.2) is 5.65 Å². The van der Waals surface area contributed by atoms with Gasteiger partial charge in [-0.05, 0) is 37.7 Å². The Kier molecular flexibility index (Phi) is 3.48. The maximum absolute atomic E-state index is 5.91. The van der Waals surface area contributed by atoms with Crippen LogP contribution in [-0.2, 0) is 13.0 Å². The summed E-state index contributed by atoms with van der Waals surface area (Å²) in [6.45, 7) is 3.06. The molecule has 3 nitrogen and oxygen atoms in total. The first-order chi connectivity index (χ1) is 9.17. The van der Waals surface area contributed by atoms with Gasteiger partial charge in [-0.2, -0.15) is 11.8 Å². The highest BCUT2D eigenvalue weighted by Gasteiger charge is 2.42. The second-order valence-electron chi connectivity index (χ2n) is 5.30. The van der Waals surface area contributed by atoms with Crippen LogP contribution in [0.4, 0.5) is 0 Å². The number of aryl methyl sites for hydroxylation is 2. The van der Waals surface area contributed by atoms with Crippen molar-refractivity contribution in [2.24, 2.45) is 0 Å². The van der Waals surface area contributed by atoms with Crippen molar-refractivity contribution in [3.8, 4) is 0 Å². The van der Waals surface area contributed by atoms with Gasteiger partial charge < -0.3 is 4.57 Å². The molecule has 0 saturated heterocycles. The number of hydrogen-bond acceptors (Lipinski definition) is 3. The minimum Gasteiger partial charge on any atom is -0.311 e. The molecule has 2 aromatic rings. The lowest BCUT2D eigenvalue weighted by Crippen LogP contribution is -2.16. The third-order valence-electron chi connectivity index (χ3n) is 3.81. The van der Waals surface area contributed by atoms with Gasteiger partial charge in [0.2, 0.25) is 0 Å².